The molecule has 104 valence electrons. The van der Waals surface area contributed by atoms with Crippen LogP contribution in [-0.2, 0) is 4.74 Å². The average molecular weight is 253 g/mol. The maximum atomic E-state index is 5.97. The zero-order valence-electron chi connectivity index (χ0n) is 11.7. The van der Waals surface area contributed by atoms with Crippen LogP contribution in [0.5, 0.6) is 0 Å². The minimum atomic E-state index is 0.119. The highest BCUT2D eigenvalue weighted by Gasteiger charge is 2.33. The molecule has 0 spiro atoms. The van der Waals surface area contributed by atoms with Crippen molar-refractivity contribution < 1.29 is 4.74 Å². The zero-order valence-corrected chi connectivity index (χ0v) is 11.7. The normalized spacial score (nSPS) is 32.8. The summed E-state index contributed by atoms with van der Waals surface area (Å²) >= 11 is 0. The summed E-state index contributed by atoms with van der Waals surface area (Å²) in [6, 6.07) is 0.827. The molecule has 3 aliphatic heterocycles. The van der Waals surface area contributed by atoms with Crippen molar-refractivity contribution in [1.82, 2.24) is 15.1 Å². The molecule has 3 heterocycles. The van der Waals surface area contributed by atoms with Crippen molar-refractivity contribution in [2.24, 2.45) is 0 Å². The molecule has 3 aliphatic rings. The first kappa shape index (κ1) is 12.9. The first-order valence-corrected chi connectivity index (χ1v) is 7.56. The van der Waals surface area contributed by atoms with Crippen LogP contribution >= 0.6 is 0 Å². The van der Waals surface area contributed by atoms with Crippen molar-refractivity contribution >= 4 is 0 Å². The third-order valence-electron chi connectivity index (χ3n) is 4.76. The van der Waals surface area contributed by atoms with Crippen LogP contribution in [-0.4, -0.2) is 73.9 Å². The van der Waals surface area contributed by atoms with Gasteiger partial charge in [0.15, 0.2) is 0 Å². The Morgan fingerprint density at radius 2 is 2.00 bits per heavy atom. The molecule has 3 fully saturated rings. The molecular weight excluding hydrogens is 226 g/mol. The molecule has 4 nitrogen and oxygen atoms in total. The van der Waals surface area contributed by atoms with E-state index in [1.807, 2.05) is 0 Å². The van der Waals surface area contributed by atoms with Gasteiger partial charge in [-0.3, -0.25) is 9.80 Å². The fourth-order valence-corrected chi connectivity index (χ4v) is 3.42. The van der Waals surface area contributed by atoms with Crippen LogP contribution in [0.3, 0.4) is 0 Å². The summed E-state index contributed by atoms with van der Waals surface area (Å²) in [7, 11) is 0. The number of hydrogen-bond donors (Lipinski definition) is 1. The summed E-state index contributed by atoms with van der Waals surface area (Å²) in [5, 5.41) is 3.28. The lowest BCUT2D eigenvalue weighted by atomic mass is 10.0. The molecule has 0 aromatic carbocycles. The Morgan fingerprint density at radius 3 is 2.67 bits per heavy atom. The van der Waals surface area contributed by atoms with Crippen molar-refractivity contribution in [2.75, 3.05) is 52.4 Å². The summed E-state index contributed by atoms with van der Waals surface area (Å²) in [5.74, 6) is 0. The van der Waals surface area contributed by atoms with Gasteiger partial charge >= 0.3 is 0 Å². The Kier molecular flexibility index (Phi) is 3.89. The number of nitrogens with one attached hydrogen (secondary N) is 1. The van der Waals surface area contributed by atoms with E-state index in [0.717, 1.165) is 32.3 Å². The van der Waals surface area contributed by atoms with E-state index in [-0.39, 0.29) is 5.60 Å². The van der Waals surface area contributed by atoms with Crippen LogP contribution in [0.15, 0.2) is 0 Å². The summed E-state index contributed by atoms with van der Waals surface area (Å²) in [4.78, 5) is 5.27. The molecule has 4 heteroatoms. The van der Waals surface area contributed by atoms with Crippen LogP contribution in [0.1, 0.15) is 26.2 Å². The third kappa shape index (κ3) is 2.87. The lowest BCUT2D eigenvalue weighted by Crippen LogP contribution is -2.59. The van der Waals surface area contributed by atoms with E-state index in [4.69, 9.17) is 4.74 Å². The second-order valence-electron chi connectivity index (χ2n) is 6.39. The maximum Gasteiger partial charge on any atom is 0.0902 e. The molecule has 0 amide bonds. The first-order chi connectivity index (χ1) is 8.75. The van der Waals surface area contributed by atoms with E-state index in [0.29, 0.717) is 0 Å². The van der Waals surface area contributed by atoms with E-state index in [9.17, 15) is 0 Å². The summed E-state index contributed by atoms with van der Waals surface area (Å²) in [6.07, 6.45) is 4.18. The Hall–Kier alpha value is -0.160. The largest absolute Gasteiger partial charge is 0.371 e. The van der Waals surface area contributed by atoms with E-state index in [2.05, 4.69) is 22.0 Å². The van der Waals surface area contributed by atoms with Gasteiger partial charge in [-0.15, -0.1) is 0 Å². The molecule has 18 heavy (non-hydrogen) atoms. The highest BCUT2D eigenvalue weighted by atomic mass is 16.5. The fraction of sp³-hybridized carbons (Fsp3) is 1.00. The van der Waals surface area contributed by atoms with Crippen molar-refractivity contribution in [3.8, 4) is 0 Å². The third-order valence-corrected chi connectivity index (χ3v) is 4.76. The van der Waals surface area contributed by atoms with Gasteiger partial charge < -0.3 is 10.1 Å². The van der Waals surface area contributed by atoms with Gasteiger partial charge in [0.05, 0.1) is 12.2 Å². The van der Waals surface area contributed by atoms with Crippen molar-refractivity contribution in [3.05, 3.63) is 0 Å². The van der Waals surface area contributed by atoms with E-state index in [1.54, 1.807) is 0 Å². The summed E-state index contributed by atoms with van der Waals surface area (Å²) in [5.41, 5.74) is 0.119. The van der Waals surface area contributed by atoms with E-state index < -0.39 is 0 Å². The average Bonchev–Trinajstić information content (AvgIpc) is 2.96. The van der Waals surface area contributed by atoms with Gasteiger partial charge in [-0.25, -0.2) is 0 Å². The van der Waals surface area contributed by atoms with Crippen LogP contribution in [0.2, 0.25) is 0 Å². The molecule has 1 N–H and O–H groups in total. The lowest BCUT2D eigenvalue weighted by molar-refractivity contribution is -0.0712. The van der Waals surface area contributed by atoms with E-state index in [1.165, 1.54) is 45.4 Å². The van der Waals surface area contributed by atoms with Crippen LogP contribution in [0.4, 0.5) is 0 Å². The van der Waals surface area contributed by atoms with Gasteiger partial charge in [-0.05, 0) is 45.8 Å². The van der Waals surface area contributed by atoms with Crippen molar-refractivity contribution in [1.29, 1.82) is 0 Å². The minimum absolute atomic E-state index is 0.119. The highest BCUT2D eigenvalue weighted by molar-refractivity contribution is 4.90. The molecule has 0 bridgehead atoms. The number of rotatable bonds is 5. The second-order valence-corrected chi connectivity index (χ2v) is 6.39. The van der Waals surface area contributed by atoms with Gasteiger partial charge in [0.1, 0.15) is 0 Å². The summed E-state index contributed by atoms with van der Waals surface area (Å²) in [6.45, 7) is 11.4. The van der Waals surface area contributed by atoms with Gasteiger partial charge in [0.25, 0.3) is 0 Å². The van der Waals surface area contributed by atoms with Crippen LogP contribution in [0, 0.1) is 0 Å². The van der Waals surface area contributed by atoms with Crippen molar-refractivity contribution in [3.63, 3.8) is 0 Å². The zero-order chi connectivity index (χ0) is 12.4. The van der Waals surface area contributed by atoms with Gasteiger partial charge in [-0.2, -0.15) is 0 Å². The smallest absolute Gasteiger partial charge is 0.0902 e. The molecule has 0 radical (unpaired) electrons. The Balaban J connectivity index is 1.34. The van der Waals surface area contributed by atoms with Gasteiger partial charge in [-0.1, -0.05) is 0 Å². The molecule has 0 aromatic rings. The molecule has 3 saturated heterocycles. The predicted octanol–water partition coefficient (Wildman–Crippen LogP) is 0.535. The Morgan fingerprint density at radius 1 is 1.22 bits per heavy atom. The van der Waals surface area contributed by atoms with Crippen LogP contribution < -0.4 is 5.32 Å². The molecular formula is C14H27N3O. The maximum absolute atomic E-state index is 5.97. The molecule has 0 aromatic heterocycles. The molecule has 1 unspecified atom stereocenters. The topological polar surface area (TPSA) is 27.7 Å². The SMILES string of the molecule is CC1(OCCN2CCC(N3CCCC3)C2)CNC1. The molecule has 0 saturated carbocycles. The summed E-state index contributed by atoms with van der Waals surface area (Å²) < 4.78 is 5.97. The quantitative estimate of drug-likeness (QED) is 0.774. The monoisotopic (exact) mass is 253 g/mol. The van der Waals surface area contributed by atoms with Crippen LogP contribution in [0.25, 0.3) is 0 Å². The highest BCUT2D eigenvalue weighted by Crippen LogP contribution is 2.20. The van der Waals surface area contributed by atoms with E-state index >= 15 is 0 Å². The number of hydrogen-bond acceptors (Lipinski definition) is 4. The standard InChI is InChI=1S/C14H27N3O/c1-14(11-15-12-14)18-9-8-16-7-4-13(10-16)17-5-2-3-6-17/h13,15H,2-12H2,1H3. The number of likely N-dealkylation sites (tertiary alicyclic amines) is 2. The van der Waals surface area contributed by atoms with Crippen molar-refractivity contribution in [2.45, 2.75) is 37.8 Å². The Bertz CT molecular complexity index is 274. The number of ether oxygens (including phenoxy) is 1. The molecule has 3 rings (SSSR count). The number of nitrogens with zero attached hydrogens (tertiary/aromatic N) is 2. The Labute approximate surface area is 111 Å². The van der Waals surface area contributed by atoms with Gasteiger partial charge in [0, 0.05) is 32.2 Å². The lowest BCUT2D eigenvalue weighted by Gasteiger charge is -2.39. The predicted molar refractivity (Wildman–Crippen MR) is 72.9 cm³/mol. The molecule has 0 aliphatic carbocycles. The minimum Gasteiger partial charge on any atom is -0.371 e. The second kappa shape index (κ2) is 5.45. The first-order valence-electron chi connectivity index (χ1n) is 7.56. The molecule has 1 atom stereocenters. The fourth-order valence-electron chi connectivity index (χ4n) is 3.42. The van der Waals surface area contributed by atoms with Gasteiger partial charge in [0.2, 0.25) is 0 Å².